The van der Waals surface area contributed by atoms with Crippen molar-refractivity contribution in [3.05, 3.63) is 29.8 Å². The Balaban J connectivity index is 1.63. The third-order valence-corrected chi connectivity index (χ3v) is 4.25. The first-order chi connectivity index (χ1) is 11.0. The molecule has 0 saturated carbocycles. The molecule has 1 saturated heterocycles. The van der Waals surface area contributed by atoms with Gasteiger partial charge in [0.15, 0.2) is 0 Å². The highest BCUT2D eigenvalue weighted by Gasteiger charge is 2.23. The lowest BCUT2D eigenvalue weighted by Gasteiger charge is -2.31. The number of carbonyl (C=O) groups excluding carboxylic acids is 2. The van der Waals surface area contributed by atoms with Crippen molar-refractivity contribution in [1.82, 2.24) is 4.90 Å². The molecule has 2 amide bonds. The van der Waals surface area contributed by atoms with Crippen LogP contribution in [-0.4, -0.2) is 36.4 Å². The van der Waals surface area contributed by atoms with Crippen molar-refractivity contribution in [3.63, 3.8) is 0 Å². The molecule has 1 aromatic carbocycles. The fourth-order valence-corrected chi connectivity index (χ4v) is 2.95. The van der Waals surface area contributed by atoms with Gasteiger partial charge in [-0.15, -0.1) is 0 Å². The second-order valence-electron chi connectivity index (χ2n) is 6.26. The second kappa shape index (κ2) is 8.56. The van der Waals surface area contributed by atoms with Gasteiger partial charge in [-0.05, 0) is 49.8 Å². The van der Waals surface area contributed by atoms with Gasteiger partial charge in [0.25, 0.3) is 0 Å². The Labute approximate surface area is 137 Å². The lowest BCUT2D eigenvalue weighted by atomic mass is 9.93. The van der Waals surface area contributed by atoms with Crippen LogP contribution < -0.4 is 10.5 Å². The minimum absolute atomic E-state index is 0.176. The van der Waals surface area contributed by atoms with E-state index < -0.39 is 0 Å². The first-order valence-corrected chi connectivity index (χ1v) is 8.30. The van der Waals surface area contributed by atoms with E-state index in [0.29, 0.717) is 31.8 Å². The van der Waals surface area contributed by atoms with Crippen LogP contribution in [-0.2, 0) is 9.59 Å². The van der Waals surface area contributed by atoms with E-state index in [1.54, 1.807) is 0 Å². The van der Waals surface area contributed by atoms with Crippen LogP contribution >= 0.6 is 0 Å². The number of benzene rings is 1. The zero-order valence-electron chi connectivity index (χ0n) is 13.8. The maximum Gasteiger partial charge on any atom is 0.222 e. The highest BCUT2D eigenvalue weighted by atomic mass is 16.5. The van der Waals surface area contributed by atoms with E-state index in [2.05, 4.69) is 0 Å². The predicted octanol–water partition coefficient (Wildman–Crippen LogP) is 2.27. The van der Waals surface area contributed by atoms with Crippen LogP contribution in [0.4, 0.5) is 0 Å². The maximum absolute atomic E-state index is 12.2. The summed E-state index contributed by atoms with van der Waals surface area (Å²) in [7, 11) is 0. The number of carbonyl (C=O) groups is 2. The number of ether oxygens (including phenoxy) is 1. The summed E-state index contributed by atoms with van der Waals surface area (Å²) in [6.07, 6.45) is 3.40. The molecule has 2 rings (SSSR count). The van der Waals surface area contributed by atoms with Crippen LogP contribution in [0.3, 0.4) is 0 Å². The minimum atomic E-state index is -0.247. The quantitative estimate of drug-likeness (QED) is 0.784. The molecule has 0 aliphatic carbocycles. The van der Waals surface area contributed by atoms with E-state index in [1.165, 1.54) is 0 Å². The summed E-state index contributed by atoms with van der Waals surface area (Å²) >= 11 is 0. The first kappa shape index (κ1) is 17.3. The predicted molar refractivity (Wildman–Crippen MR) is 89.0 cm³/mol. The summed E-state index contributed by atoms with van der Waals surface area (Å²) in [6.45, 7) is 4.04. The number of piperidine rings is 1. The molecule has 1 aliphatic rings. The third kappa shape index (κ3) is 5.93. The molecule has 1 aromatic rings. The van der Waals surface area contributed by atoms with E-state index in [4.69, 9.17) is 10.5 Å². The summed E-state index contributed by atoms with van der Waals surface area (Å²) in [4.78, 5) is 25.0. The normalized spacial score (nSPS) is 15.4. The smallest absolute Gasteiger partial charge is 0.222 e. The molecule has 0 radical (unpaired) electrons. The van der Waals surface area contributed by atoms with E-state index in [9.17, 15) is 9.59 Å². The van der Waals surface area contributed by atoms with Gasteiger partial charge in [-0.1, -0.05) is 12.1 Å². The summed E-state index contributed by atoms with van der Waals surface area (Å²) in [5.41, 5.74) is 6.39. The standard InChI is InChI=1S/C18H26N2O3/c1-14-4-2-5-16(12-14)23-11-3-6-18(22)20-9-7-15(8-10-20)13-17(19)21/h2,4-5,12,15H,3,6-11,13H2,1H3,(H2,19,21). The van der Waals surface area contributed by atoms with Crippen LogP contribution in [0.15, 0.2) is 24.3 Å². The molecule has 0 atom stereocenters. The second-order valence-corrected chi connectivity index (χ2v) is 6.26. The van der Waals surface area contributed by atoms with Crippen molar-refractivity contribution >= 4 is 11.8 Å². The number of nitrogens with zero attached hydrogens (tertiary/aromatic N) is 1. The number of rotatable bonds is 7. The van der Waals surface area contributed by atoms with Crippen molar-refractivity contribution in [1.29, 1.82) is 0 Å². The molecule has 23 heavy (non-hydrogen) atoms. The number of likely N-dealkylation sites (tertiary alicyclic amines) is 1. The molecule has 126 valence electrons. The first-order valence-electron chi connectivity index (χ1n) is 8.30. The van der Waals surface area contributed by atoms with Crippen molar-refractivity contribution in [3.8, 4) is 5.75 Å². The molecule has 0 spiro atoms. The monoisotopic (exact) mass is 318 g/mol. The average Bonchev–Trinajstić information content (AvgIpc) is 2.51. The van der Waals surface area contributed by atoms with Gasteiger partial charge in [0, 0.05) is 25.9 Å². The van der Waals surface area contributed by atoms with Gasteiger partial charge in [-0.3, -0.25) is 9.59 Å². The lowest BCUT2D eigenvalue weighted by molar-refractivity contribution is -0.132. The third-order valence-electron chi connectivity index (χ3n) is 4.25. The van der Waals surface area contributed by atoms with Crippen LogP contribution in [0, 0.1) is 12.8 Å². The molecule has 5 heteroatoms. The van der Waals surface area contributed by atoms with Gasteiger partial charge >= 0.3 is 0 Å². The number of hydrogen-bond donors (Lipinski definition) is 1. The summed E-state index contributed by atoms with van der Waals surface area (Å²) in [6, 6.07) is 7.91. The largest absolute Gasteiger partial charge is 0.494 e. The van der Waals surface area contributed by atoms with Crippen molar-refractivity contribution in [2.24, 2.45) is 11.7 Å². The molecule has 1 fully saturated rings. The van der Waals surface area contributed by atoms with Crippen molar-refractivity contribution in [2.75, 3.05) is 19.7 Å². The Morgan fingerprint density at radius 2 is 2.04 bits per heavy atom. The van der Waals surface area contributed by atoms with Gasteiger partial charge in [-0.25, -0.2) is 0 Å². The minimum Gasteiger partial charge on any atom is -0.494 e. The summed E-state index contributed by atoms with van der Waals surface area (Å²) in [5, 5.41) is 0. The Morgan fingerprint density at radius 3 is 2.70 bits per heavy atom. The number of aryl methyl sites for hydroxylation is 1. The van der Waals surface area contributed by atoms with Crippen molar-refractivity contribution in [2.45, 2.75) is 39.0 Å². The highest BCUT2D eigenvalue weighted by molar-refractivity contribution is 5.76. The zero-order valence-corrected chi connectivity index (χ0v) is 13.8. The van der Waals surface area contributed by atoms with Crippen molar-refractivity contribution < 1.29 is 14.3 Å². The fraction of sp³-hybridized carbons (Fsp3) is 0.556. The molecular weight excluding hydrogens is 292 g/mol. The molecule has 1 aliphatic heterocycles. The van der Waals surface area contributed by atoms with Crippen LogP contribution in [0.1, 0.15) is 37.7 Å². The number of primary amides is 1. The van der Waals surface area contributed by atoms with Gasteiger partial charge in [0.1, 0.15) is 5.75 Å². The molecule has 0 unspecified atom stereocenters. The molecule has 2 N–H and O–H groups in total. The number of hydrogen-bond acceptors (Lipinski definition) is 3. The van der Waals surface area contributed by atoms with Gasteiger partial charge in [0.05, 0.1) is 6.61 Å². The molecule has 0 aromatic heterocycles. The Morgan fingerprint density at radius 1 is 1.30 bits per heavy atom. The zero-order chi connectivity index (χ0) is 16.7. The fourth-order valence-electron chi connectivity index (χ4n) is 2.95. The topological polar surface area (TPSA) is 72.6 Å². The number of nitrogens with two attached hydrogens (primary N) is 1. The molecule has 1 heterocycles. The summed E-state index contributed by atoms with van der Waals surface area (Å²) in [5.74, 6) is 1.12. The average molecular weight is 318 g/mol. The van der Waals surface area contributed by atoms with Crippen LogP contribution in [0.25, 0.3) is 0 Å². The van der Waals surface area contributed by atoms with Gasteiger partial charge in [0.2, 0.25) is 11.8 Å². The van der Waals surface area contributed by atoms with Gasteiger partial charge < -0.3 is 15.4 Å². The van der Waals surface area contributed by atoms with Crippen LogP contribution in [0.2, 0.25) is 0 Å². The molecular formula is C18H26N2O3. The highest BCUT2D eigenvalue weighted by Crippen LogP contribution is 2.21. The Bertz CT molecular complexity index is 537. The SMILES string of the molecule is Cc1cccc(OCCCC(=O)N2CCC(CC(N)=O)CC2)c1. The molecule has 5 nitrogen and oxygen atoms in total. The van der Waals surface area contributed by atoms with E-state index in [-0.39, 0.29) is 11.8 Å². The maximum atomic E-state index is 12.2. The Kier molecular flexibility index (Phi) is 6.44. The van der Waals surface area contributed by atoms with Gasteiger partial charge in [-0.2, -0.15) is 0 Å². The van der Waals surface area contributed by atoms with E-state index >= 15 is 0 Å². The summed E-state index contributed by atoms with van der Waals surface area (Å²) < 4.78 is 5.66. The molecule has 0 bridgehead atoms. The van der Waals surface area contributed by atoms with E-state index in [0.717, 1.165) is 37.2 Å². The van der Waals surface area contributed by atoms with E-state index in [1.807, 2.05) is 36.1 Å². The van der Waals surface area contributed by atoms with Crippen LogP contribution in [0.5, 0.6) is 5.75 Å². The number of amides is 2. The Hall–Kier alpha value is -2.04. The lowest BCUT2D eigenvalue weighted by Crippen LogP contribution is -2.39.